The van der Waals surface area contributed by atoms with E-state index in [1.165, 1.54) is 0 Å². The lowest BCUT2D eigenvalue weighted by Crippen LogP contribution is -2.53. The largest absolute Gasteiger partial charge is 0.444 e. The number of amides is 2. The van der Waals surface area contributed by atoms with Gasteiger partial charge in [-0.2, -0.15) is 0 Å². The maximum Gasteiger partial charge on any atom is 0.410 e. The molecular weight excluding hydrogens is 322 g/mol. The summed E-state index contributed by atoms with van der Waals surface area (Å²) >= 11 is 0. The Balaban J connectivity index is 1.60. The van der Waals surface area contributed by atoms with Crippen molar-refractivity contribution < 1.29 is 18.8 Å². The molecule has 138 valence electrons. The van der Waals surface area contributed by atoms with Crippen molar-refractivity contribution in [3.8, 4) is 0 Å². The maximum atomic E-state index is 12.5. The number of rotatable bonds is 3. The third-order valence-electron chi connectivity index (χ3n) is 4.81. The molecule has 2 saturated heterocycles. The number of carbonyl (C=O) groups excluding carboxylic acids is 2. The number of fused-ring (bicyclic) bond motifs is 2. The highest BCUT2D eigenvalue weighted by Gasteiger charge is 2.45. The van der Waals surface area contributed by atoms with Gasteiger partial charge in [0, 0.05) is 30.6 Å². The first kappa shape index (κ1) is 17.8. The summed E-state index contributed by atoms with van der Waals surface area (Å²) in [5.41, 5.74) is -0.176. The molecule has 0 aliphatic carbocycles. The molecule has 0 radical (unpaired) electrons. The van der Waals surface area contributed by atoms with Gasteiger partial charge in [0.1, 0.15) is 11.4 Å². The van der Waals surface area contributed by atoms with Crippen molar-refractivity contribution in [1.29, 1.82) is 0 Å². The average molecular weight is 349 g/mol. The number of ether oxygens (including phenoxy) is 1. The standard InChI is InChI=1S/C18H27N3O4/c1-5-14-10-15(20-25-14)16(22)19-11-8-12-6-7-13(9-11)21(12)17(23)24-18(2,3)4/h10-13H,5-9H2,1-4H3,(H,19,22)/t11?,12-,13+. The Hall–Kier alpha value is -2.05. The quantitative estimate of drug-likeness (QED) is 0.907. The minimum absolute atomic E-state index is 0.0467. The summed E-state index contributed by atoms with van der Waals surface area (Å²) in [5, 5.41) is 6.86. The number of piperidine rings is 1. The molecule has 0 saturated carbocycles. The Morgan fingerprint density at radius 1 is 1.32 bits per heavy atom. The molecule has 2 amide bonds. The second kappa shape index (κ2) is 6.69. The zero-order chi connectivity index (χ0) is 18.2. The SMILES string of the molecule is CCc1cc(C(=O)NC2C[C@H]3CC[C@@H](C2)N3C(=O)OC(C)(C)C)no1. The number of hydrogen-bond donors (Lipinski definition) is 1. The smallest absolute Gasteiger partial charge is 0.410 e. The van der Waals surface area contributed by atoms with E-state index in [0.29, 0.717) is 17.9 Å². The molecule has 0 spiro atoms. The van der Waals surface area contributed by atoms with Gasteiger partial charge in [0.15, 0.2) is 5.69 Å². The highest BCUT2D eigenvalue weighted by atomic mass is 16.6. The van der Waals surface area contributed by atoms with Crippen LogP contribution in [0.25, 0.3) is 0 Å². The van der Waals surface area contributed by atoms with Crippen LogP contribution in [0.4, 0.5) is 4.79 Å². The van der Waals surface area contributed by atoms with E-state index in [0.717, 1.165) is 25.7 Å². The van der Waals surface area contributed by atoms with Crippen molar-refractivity contribution in [1.82, 2.24) is 15.4 Å². The third kappa shape index (κ3) is 3.96. The van der Waals surface area contributed by atoms with Crippen molar-refractivity contribution in [3.05, 3.63) is 17.5 Å². The summed E-state index contributed by atoms with van der Waals surface area (Å²) in [5.74, 6) is 0.489. The van der Waals surface area contributed by atoms with Crippen LogP contribution in [0.3, 0.4) is 0 Å². The summed E-state index contributed by atoms with van der Waals surface area (Å²) in [7, 11) is 0. The molecule has 2 bridgehead atoms. The summed E-state index contributed by atoms with van der Waals surface area (Å²) in [4.78, 5) is 26.7. The fraction of sp³-hybridized carbons (Fsp3) is 0.722. The molecule has 1 aromatic rings. The fourth-order valence-corrected chi connectivity index (χ4v) is 3.75. The van der Waals surface area contributed by atoms with E-state index in [1.54, 1.807) is 6.07 Å². The number of hydrogen-bond acceptors (Lipinski definition) is 5. The van der Waals surface area contributed by atoms with Crippen LogP contribution < -0.4 is 5.32 Å². The first-order valence-electron chi connectivity index (χ1n) is 9.04. The number of aromatic nitrogens is 1. The number of carbonyl (C=O) groups is 2. The molecular formula is C18H27N3O4. The molecule has 2 fully saturated rings. The van der Waals surface area contributed by atoms with Crippen LogP contribution in [0.2, 0.25) is 0 Å². The predicted molar refractivity (Wildman–Crippen MR) is 91.3 cm³/mol. The molecule has 3 atom stereocenters. The molecule has 1 aromatic heterocycles. The lowest BCUT2D eigenvalue weighted by atomic mass is 9.97. The van der Waals surface area contributed by atoms with Gasteiger partial charge >= 0.3 is 6.09 Å². The molecule has 25 heavy (non-hydrogen) atoms. The van der Waals surface area contributed by atoms with Crippen LogP contribution in [0.1, 0.15) is 69.6 Å². The fourth-order valence-electron chi connectivity index (χ4n) is 3.75. The van der Waals surface area contributed by atoms with E-state index < -0.39 is 5.60 Å². The third-order valence-corrected chi connectivity index (χ3v) is 4.81. The Morgan fingerprint density at radius 2 is 1.96 bits per heavy atom. The Morgan fingerprint density at radius 3 is 2.48 bits per heavy atom. The second-order valence-corrected chi connectivity index (χ2v) is 7.95. The van der Waals surface area contributed by atoms with Gasteiger partial charge in [-0.1, -0.05) is 12.1 Å². The van der Waals surface area contributed by atoms with Gasteiger partial charge in [0.25, 0.3) is 5.91 Å². The maximum absolute atomic E-state index is 12.5. The van der Waals surface area contributed by atoms with Gasteiger partial charge in [-0.15, -0.1) is 0 Å². The molecule has 7 nitrogen and oxygen atoms in total. The minimum atomic E-state index is -0.495. The van der Waals surface area contributed by atoms with Crippen LogP contribution in [0, 0.1) is 0 Å². The van der Waals surface area contributed by atoms with Crippen molar-refractivity contribution in [2.75, 3.05) is 0 Å². The lowest BCUT2D eigenvalue weighted by Gasteiger charge is -2.39. The minimum Gasteiger partial charge on any atom is -0.444 e. The van der Waals surface area contributed by atoms with E-state index in [2.05, 4.69) is 10.5 Å². The Labute approximate surface area is 148 Å². The van der Waals surface area contributed by atoms with Crippen LogP contribution >= 0.6 is 0 Å². The van der Waals surface area contributed by atoms with Gasteiger partial charge in [-0.25, -0.2) is 4.79 Å². The highest BCUT2D eigenvalue weighted by molar-refractivity contribution is 5.92. The van der Waals surface area contributed by atoms with E-state index in [1.807, 2.05) is 32.6 Å². The van der Waals surface area contributed by atoms with E-state index in [4.69, 9.17) is 9.26 Å². The zero-order valence-corrected chi connectivity index (χ0v) is 15.4. The summed E-state index contributed by atoms with van der Waals surface area (Å²) in [6.45, 7) is 7.58. The second-order valence-electron chi connectivity index (χ2n) is 7.95. The molecule has 2 aliphatic heterocycles. The van der Waals surface area contributed by atoms with Crippen LogP contribution in [-0.4, -0.2) is 45.8 Å². The number of aryl methyl sites for hydroxylation is 1. The lowest BCUT2D eigenvalue weighted by molar-refractivity contribution is 0.00499. The summed E-state index contributed by atoms with van der Waals surface area (Å²) in [6, 6.07) is 1.98. The van der Waals surface area contributed by atoms with E-state index in [9.17, 15) is 9.59 Å². The van der Waals surface area contributed by atoms with E-state index >= 15 is 0 Å². The Bertz CT molecular complexity index is 635. The first-order chi connectivity index (χ1) is 11.8. The number of nitrogens with one attached hydrogen (secondary N) is 1. The monoisotopic (exact) mass is 349 g/mol. The van der Waals surface area contributed by atoms with Crippen molar-refractivity contribution in [2.45, 2.75) is 83.5 Å². The molecule has 1 N–H and O–H groups in total. The van der Waals surface area contributed by atoms with Gasteiger partial charge < -0.3 is 19.5 Å². The van der Waals surface area contributed by atoms with Crippen LogP contribution in [-0.2, 0) is 11.2 Å². The van der Waals surface area contributed by atoms with Crippen LogP contribution in [0.15, 0.2) is 10.6 Å². The van der Waals surface area contributed by atoms with Gasteiger partial charge in [-0.3, -0.25) is 4.79 Å². The molecule has 3 rings (SSSR count). The van der Waals surface area contributed by atoms with Gasteiger partial charge in [0.05, 0.1) is 0 Å². The van der Waals surface area contributed by atoms with Crippen molar-refractivity contribution in [2.24, 2.45) is 0 Å². The Kier molecular flexibility index (Phi) is 4.75. The van der Waals surface area contributed by atoms with Gasteiger partial charge in [0.2, 0.25) is 0 Å². The van der Waals surface area contributed by atoms with Crippen molar-refractivity contribution >= 4 is 12.0 Å². The van der Waals surface area contributed by atoms with Crippen LogP contribution in [0.5, 0.6) is 0 Å². The molecule has 1 unspecified atom stereocenters. The summed E-state index contributed by atoms with van der Waals surface area (Å²) < 4.78 is 10.6. The van der Waals surface area contributed by atoms with Gasteiger partial charge in [-0.05, 0) is 46.5 Å². The molecule has 7 heteroatoms. The topological polar surface area (TPSA) is 84.7 Å². The number of nitrogens with zero attached hydrogens (tertiary/aromatic N) is 2. The predicted octanol–water partition coefficient (Wildman–Crippen LogP) is 2.90. The first-order valence-corrected chi connectivity index (χ1v) is 9.04. The average Bonchev–Trinajstić information content (AvgIpc) is 3.09. The zero-order valence-electron chi connectivity index (χ0n) is 15.4. The summed E-state index contributed by atoms with van der Waals surface area (Å²) in [6.07, 6.45) is 3.88. The normalized spacial score (nSPS) is 25.8. The molecule has 2 aliphatic rings. The highest BCUT2D eigenvalue weighted by Crippen LogP contribution is 2.36. The van der Waals surface area contributed by atoms with Crippen molar-refractivity contribution in [3.63, 3.8) is 0 Å². The molecule has 0 aromatic carbocycles. The molecule has 3 heterocycles. The van der Waals surface area contributed by atoms with E-state index in [-0.39, 0.29) is 30.1 Å².